The number of fused-ring (bicyclic) bond motifs is 1. The summed E-state index contributed by atoms with van der Waals surface area (Å²) in [7, 11) is 0. The van der Waals surface area contributed by atoms with E-state index in [1.807, 2.05) is 6.92 Å². The highest BCUT2D eigenvalue weighted by molar-refractivity contribution is 8.00. The Morgan fingerprint density at radius 1 is 0.906 bits per heavy atom. The lowest BCUT2D eigenvalue weighted by Crippen LogP contribution is -2.22. The van der Waals surface area contributed by atoms with E-state index < -0.39 is 11.7 Å². The average molecular weight is 453 g/mol. The van der Waals surface area contributed by atoms with E-state index in [1.165, 1.54) is 30.0 Å². The lowest BCUT2D eigenvalue weighted by molar-refractivity contribution is -0.115. The number of carbonyl (C=O) groups is 2. The summed E-state index contributed by atoms with van der Waals surface area (Å²) in [6, 6.07) is 18.1. The number of benzene rings is 3. The SMILES string of the molecule is CC(Sc1ccc(NC(=O)c2ccccc2F)cc1)C(=O)Nc1ccc2c(c1)OCCO2. The van der Waals surface area contributed by atoms with E-state index in [4.69, 9.17) is 9.47 Å². The lowest BCUT2D eigenvalue weighted by Gasteiger charge is -2.19. The Labute approximate surface area is 189 Å². The molecule has 8 heteroatoms. The highest BCUT2D eigenvalue weighted by Crippen LogP contribution is 2.33. The van der Waals surface area contributed by atoms with Crippen LogP contribution >= 0.6 is 11.8 Å². The fourth-order valence-electron chi connectivity index (χ4n) is 3.08. The van der Waals surface area contributed by atoms with E-state index in [0.717, 1.165) is 4.90 Å². The van der Waals surface area contributed by atoms with Crippen LogP contribution in [0.25, 0.3) is 0 Å². The van der Waals surface area contributed by atoms with Crippen LogP contribution in [-0.4, -0.2) is 30.3 Å². The molecule has 3 aromatic rings. The number of hydrogen-bond acceptors (Lipinski definition) is 5. The summed E-state index contributed by atoms with van der Waals surface area (Å²) in [4.78, 5) is 25.7. The lowest BCUT2D eigenvalue weighted by atomic mass is 10.2. The van der Waals surface area contributed by atoms with Gasteiger partial charge in [0.2, 0.25) is 5.91 Å². The van der Waals surface area contributed by atoms with Gasteiger partial charge in [-0.1, -0.05) is 12.1 Å². The van der Waals surface area contributed by atoms with Gasteiger partial charge in [-0.15, -0.1) is 11.8 Å². The normalized spacial score (nSPS) is 13.2. The molecule has 0 aliphatic carbocycles. The van der Waals surface area contributed by atoms with Crippen molar-refractivity contribution in [2.45, 2.75) is 17.1 Å². The Morgan fingerprint density at radius 3 is 2.34 bits per heavy atom. The molecule has 1 heterocycles. The van der Waals surface area contributed by atoms with Gasteiger partial charge < -0.3 is 20.1 Å². The van der Waals surface area contributed by atoms with Crippen LogP contribution in [0.5, 0.6) is 11.5 Å². The number of ether oxygens (including phenoxy) is 2. The summed E-state index contributed by atoms with van der Waals surface area (Å²) in [5.74, 6) is 0.0375. The zero-order valence-corrected chi connectivity index (χ0v) is 18.1. The molecular formula is C24H21FN2O4S. The van der Waals surface area contributed by atoms with E-state index in [1.54, 1.807) is 48.5 Å². The number of carbonyl (C=O) groups excluding carboxylic acids is 2. The zero-order valence-electron chi connectivity index (χ0n) is 17.3. The summed E-state index contributed by atoms with van der Waals surface area (Å²) in [6.07, 6.45) is 0. The molecule has 32 heavy (non-hydrogen) atoms. The Kier molecular flexibility index (Phi) is 6.61. The maximum absolute atomic E-state index is 13.8. The number of nitrogens with one attached hydrogen (secondary N) is 2. The molecule has 1 atom stereocenters. The van der Waals surface area contributed by atoms with Crippen molar-refractivity contribution in [1.29, 1.82) is 0 Å². The summed E-state index contributed by atoms with van der Waals surface area (Å²) < 4.78 is 24.8. The molecule has 0 fully saturated rings. The van der Waals surface area contributed by atoms with Crippen molar-refractivity contribution in [3.05, 3.63) is 78.1 Å². The maximum Gasteiger partial charge on any atom is 0.258 e. The second-order valence-electron chi connectivity index (χ2n) is 7.07. The minimum atomic E-state index is -0.574. The highest BCUT2D eigenvalue weighted by Gasteiger charge is 2.17. The summed E-state index contributed by atoms with van der Waals surface area (Å²) in [5, 5.41) is 5.20. The molecule has 164 valence electrons. The van der Waals surface area contributed by atoms with Crippen molar-refractivity contribution in [1.82, 2.24) is 0 Å². The first-order valence-electron chi connectivity index (χ1n) is 10.0. The Bertz CT molecular complexity index is 1140. The largest absolute Gasteiger partial charge is 0.486 e. The molecule has 1 aliphatic rings. The van der Waals surface area contributed by atoms with Crippen molar-refractivity contribution in [3.8, 4) is 11.5 Å². The van der Waals surface area contributed by atoms with Crippen LogP contribution in [-0.2, 0) is 4.79 Å². The standard InChI is InChI=1S/C24H21FN2O4S/c1-15(23(28)27-17-8-11-21-22(14-17)31-13-12-30-21)32-18-9-6-16(7-10-18)26-24(29)19-4-2-3-5-20(19)25/h2-11,14-15H,12-13H2,1H3,(H,26,29)(H,27,28). The van der Waals surface area contributed by atoms with Gasteiger partial charge in [0.25, 0.3) is 5.91 Å². The van der Waals surface area contributed by atoms with Crippen LogP contribution in [0.4, 0.5) is 15.8 Å². The van der Waals surface area contributed by atoms with E-state index in [0.29, 0.717) is 36.1 Å². The molecule has 1 unspecified atom stereocenters. The molecule has 6 nitrogen and oxygen atoms in total. The van der Waals surface area contributed by atoms with Gasteiger partial charge in [0.05, 0.1) is 10.8 Å². The number of amides is 2. The van der Waals surface area contributed by atoms with Gasteiger partial charge >= 0.3 is 0 Å². The van der Waals surface area contributed by atoms with Gasteiger partial charge in [0.1, 0.15) is 19.0 Å². The molecule has 0 spiro atoms. The number of anilines is 2. The molecule has 0 bridgehead atoms. The molecule has 0 radical (unpaired) electrons. The number of hydrogen-bond donors (Lipinski definition) is 2. The van der Waals surface area contributed by atoms with Gasteiger partial charge in [-0.2, -0.15) is 0 Å². The van der Waals surface area contributed by atoms with Crippen LogP contribution in [0.1, 0.15) is 17.3 Å². The van der Waals surface area contributed by atoms with Crippen LogP contribution in [0.2, 0.25) is 0 Å². The van der Waals surface area contributed by atoms with Crippen molar-refractivity contribution in [2.75, 3.05) is 23.8 Å². The van der Waals surface area contributed by atoms with E-state index in [-0.39, 0.29) is 16.7 Å². The third kappa shape index (κ3) is 5.20. The Balaban J connectivity index is 1.33. The third-order valence-corrected chi connectivity index (χ3v) is 5.83. The summed E-state index contributed by atoms with van der Waals surface area (Å²) >= 11 is 1.39. The average Bonchev–Trinajstić information content (AvgIpc) is 2.80. The van der Waals surface area contributed by atoms with E-state index in [9.17, 15) is 14.0 Å². The van der Waals surface area contributed by atoms with E-state index >= 15 is 0 Å². The Hall–Kier alpha value is -3.52. The quantitative estimate of drug-likeness (QED) is 0.517. The van der Waals surface area contributed by atoms with Crippen molar-refractivity contribution < 1.29 is 23.5 Å². The van der Waals surface area contributed by atoms with Crippen molar-refractivity contribution in [3.63, 3.8) is 0 Å². The van der Waals surface area contributed by atoms with Gasteiger partial charge in [-0.3, -0.25) is 9.59 Å². The second kappa shape index (κ2) is 9.74. The first-order chi connectivity index (χ1) is 15.5. The van der Waals surface area contributed by atoms with Crippen LogP contribution in [0, 0.1) is 5.82 Å². The maximum atomic E-state index is 13.8. The van der Waals surface area contributed by atoms with Gasteiger partial charge in [0, 0.05) is 22.3 Å². The summed E-state index contributed by atoms with van der Waals surface area (Å²) in [5.41, 5.74) is 1.16. The van der Waals surface area contributed by atoms with Gasteiger partial charge in [-0.25, -0.2) is 4.39 Å². The number of halogens is 1. The van der Waals surface area contributed by atoms with Crippen LogP contribution < -0.4 is 20.1 Å². The molecule has 1 aliphatic heterocycles. The molecule has 0 aromatic heterocycles. The summed E-state index contributed by atoms with van der Waals surface area (Å²) in [6.45, 7) is 2.80. The predicted octanol–water partition coefficient (Wildman–Crippen LogP) is 4.97. The minimum Gasteiger partial charge on any atom is -0.486 e. The monoisotopic (exact) mass is 452 g/mol. The fourth-order valence-corrected chi connectivity index (χ4v) is 3.95. The molecule has 2 amide bonds. The third-order valence-electron chi connectivity index (χ3n) is 4.72. The number of thioether (sulfide) groups is 1. The minimum absolute atomic E-state index is 0.0182. The zero-order chi connectivity index (χ0) is 22.5. The van der Waals surface area contributed by atoms with E-state index in [2.05, 4.69) is 10.6 Å². The predicted molar refractivity (Wildman–Crippen MR) is 122 cm³/mol. The number of rotatable bonds is 6. The molecule has 2 N–H and O–H groups in total. The first kappa shape index (κ1) is 21.7. The van der Waals surface area contributed by atoms with Crippen molar-refractivity contribution in [2.24, 2.45) is 0 Å². The van der Waals surface area contributed by atoms with Crippen LogP contribution in [0.15, 0.2) is 71.6 Å². The second-order valence-corrected chi connectivity index (χ2v) is 8.48. The van der Waals surface area contributed by atoms with Gasteiger partial charge in [-0.05, 0) is 55.5 Å². The Morgan fingerprint density at radius 2 is 1.59 bits per heavy atom. The molecule has 0 saturated heterocycles. The topological polar surface area (TPSA) is 76.7 Å². The molecule has 4 rings (SSSR count). The molecule has 0 saturated carbocycles. The fraction of sp³-hybridized carbons (Fsp3) is 0.167. The smallest absolute Gasteiger partial charge is 0.258 e. The van der Waals surface area contributed by atoms with Gasteiger partial charge in [0.15, 0.2) is 11.5 Å². The van der Waals surface area contributed by atoms with Crippen LogP contribution in [0.3, 0.4) is 0 Å². The first-order valence-corrected chi connectivity index (χ1v) is 10.9. The highest BCUT2D eigenvalue weighted by atomic mass is 32.2. The molecular weight excluding hydrogens is 431 g/mol. The molecule has 3 aromatic carbocycles. The van der Waals surface area contributed by atoms with Crippen molar-refractivity contribution >= 4 is 35.0 Å².